The monoisotopic (exact) mass is 722 g/mol. The summed E-state index contributed by atoms with van der Waals surface area (Å²) in [6.07, 6.45) is 1.86. The van der Waals surface area contributed by atoms with E-state index in [-0.39, 0.29) is 11.2 Å². The maximum absolute atomic E-state index is 15.3. The maximum Gasteiger partial charge on any atom is 0.156 e. The van der Waals surface area contributed by atoms with Crippen molar-refractivity contribution in [3.05, 3.63) is 193 Å². The van der Waals surface area contributed by atoms with Crippen LogP contribution in [-0.2, 0) is 5.41 Å². The number of halogens is 1. The fraction of sp³-hybridized carbons (Fsp3) is 0.0588. The van der Waals surface area contributed by atoms with Gasteiger partial charge in [0, 0.05) is 33.1 Å². The molecule has 4 nitrogen and oxygen atoms in total. The molecular weight excluding hydrogens is 688 g/mol. The van der Waals surface area contributed by atoms with E-state index in [1.165, 1.54) is 28.3 Å². The minimum absolute atomic E-state index is 0.186. The van der Waals surface area contributed by atoms with Gasteiger partial charge in [0.1, 0.15) is 5.82 Å². The first-order valence-corrected chi connectivity index (χ1v) is 19.0. The molecule has 1 aliphatic rings. The van der Waals surface area contributed by atoms with E-state index in [9.17, 15) is 0 Å². The summed E-state index contributed by atoms with van der Waals surface area (Å²) in [6.45, 7) is 4.59. The molecule has 0 N–H and O–H groups in total. The summed E-state index contributed by atoms with van der Waals surface area (Å²) < 4.78 is 15.3. The van der Waals surface area contributed by atoms with Crippen LogP contribution in [0.5, 0.6) is 0 Å². The summed E-state index contributed by atoms with van der Waals surface area (Å²) in [5.41, 5.74) is 11.2. The molecule has 9 aromatic carbocycles. The van der Waals surface area contributed by atoms with E-state index < -0.39 is 0 Å². The van der Waals surface area contributed by atoms with Crippen molar-refractivity contribution in [1.82, 2.24) is 9.97 Å². The first-order chi connectivity index (χ1) is 27.5. The molecule has 1 heterocycles. The molecule has 0 aliphatic heterocycles. The lowest BCUT2D eigenvalue weighted by atomic mass is 9.82. The van der Waals surface area contributed by atoms with Crippen molar-refractivity contribution in [3.63, 3.8) is 0 Å². The minimum atomic E-state index is -0.277. The van der Waals surface area contributed by atoms with Gasteiger partial charge in [-0.25, -0.2) is 9.37 Å². The Labute approximate surface area is 324 Å². The first-order valence-electron chi connectivity index (χ1n) is 19.0. The summed E-state index contributed by atoms with van der Waals surface area (Å²) in [7, 11) is 0. The van der Waals surface area contributed by atoms with E-state index in [1.54, 1.807) is 12.1 Å². The van der Waals surface area contributed by atoms with Crippen LogP contribution in [0.25, 0.3) is 54.5 Å². The van der Waals surface area contributed by atoms with E-state index >= 15 is 4.39 Å². The highest BCUT2D eigenvalue weighted by Gasteiger charge is 2.38. The van der Waals surface area contributed by atoms with Crippen LogP contribution >= 0.6 is 0 Å². The average Bonchev–Trinajstić information content (AvgIpc) is 3.47. The van der Waals surface area contributed by atoms with Crippen molar-refractivity contribution in [2.24, 2.45) is 0 Å². The highest BCUT2D eigenvalue weighted by Crippen LogP contribution is 2.55. The Morgan fingerprint density at radius 3 is 1.86 bits per heavy atom. The second-order valence-corrected chi connectivity index (χ2v) is 15.2. The van der Waals surface area contributed by atoms with Gasteiger partial charge in [-0.05, 0) is 98.9 Å². The van der Waals surface area contributed by atoms with E-state index in [4.69, 9.17) is 9.97 Å². The van der Waals surface area contributed by atoms with Crippen molar-refractivity contribution in [1.29, 1.82) is 0 Å². The van der Waals surface area contributed by atoms with Gasteiger partial charge in [0.15, 0.2) is 5.82 Å². The van der Waals surface area contributed by atoms with Crippen LogP contribution in [0.15, 0.2) is 176 Å². The van der Waals surface area contributed by atoms with Crippen LogP contribution < -0.4 is 9.80 Å². The quantitative estimate of drug-likeness (QED) is 0.160. The molecule has 5 heteroatoms. The van der Waals surface area contributed by atoms with Gasteiger partial charge < -0.3 is 4.90 Å². The summed E-state index contributed by atoms with van der Waals surface area (Å²) in [5.74, 6) is 0.463. The predicted molar refractivity (Wildman–Crippen MR) is 230 cm³/mol. The number of anilines is 6. The number of nitrogens with zero attached hydrogens (tertiary/aromatic N) is 4. The highest BCUT2D eigenvalue weighted by atomic mass is 19.1. The zero-order valence-corrected chi connectivity index (χ0v) is 30.9. The van der Waals surface area contributed by atoms with Crippen LogP contribution in [0.3, 0.4) is 0 Å². The van der Waals surface area contributed by atoms with Gasteiger partial charge in [-0.1, -0.05) is 123 Å². The van der Waals surface area contributed by atoms with Crippen LogP contribution in [0, 0.1) is 5.82 Å². The number of fused-ring (bicyclic) bond motifs is 4. The standard InChI is InChI=1S/C51H35FN4/c1-51(2)40-17-7-6-16-37(40)50-41(51)18-11-21-46(50)55(36-15-10-12-34(52)30-36)44-28-24-32-23-27-39-45(29-25-33-22-26-38(44)48(32)49(33)39)56(35-13-4-3-5-14-35)47-31-53-42-19-8-9-20-43(42)54-47/h3-31H,1-2H3. The third-order valence-electron chi connectivity index (χ3n) is 11.7. The molecule has 56 heavy (non-hydrogen) atoms. The predicted octanol–water partition coefficient (Wildman–Crippen LogP) is 13.9. The van der Waals surface area contributed by atoms with E-state index in [1.807, 2.05) is 42.6 Å². The Bertz CT molecular complexity index is 3150. The van der Waals surface area contributed by atoms with Crippen LogP contribution in [0.4, 0.5) is 38.6 Å². The van der Waals surface area contributed by atoms with Gasteiger partial charge in [0.05, 0.1) is 34.3 Å². The Balaban J connectivity index is 1.18. The number of aromatic nitrogens is 2. The average molecular weight is 723 g/mol. The van der Waals surface area contributed by atoms with E-state index in [0.29, 0.717) is 0 Å². The molecule has 1 aliphatic carbocycles. The summed E-state index contributed by atoms with van der Waals surface area (Å²) in [4.78, 5) is 14.4. The van der Waals surface area contributed by atoms with Crippen molar-refractivity contribution in [3.8, 4) is 11.1 Å². The SMILES string of the molecule is CC1(C)c2ccccc2-c2c(N(c3cccc(F)c3)c3ccc4ccc5c(N(c6ccccc6)c6cnc7ccccc7n6)ccc6ccc3c4c65)cccc21. The van der Waals surface area contributed by atoms with Crippen molar-refractivity contribution in [2.75, 3.05) is 9.80 Å². The molecule has 0 fully saturated rings. The van der Waals surface area contributed by atoms with Gasteiger partial charge in [0.2, 0.25) is 0 Å². The number of rotatable bonds is 6. The zero-order valence-electron chi connectivity index (χ0n) is 30.9. The first kappa shape index (κ1) is 32.3. The smallest absolute Gasteiger partial charge is 0.156 e. The Kier molecular flexibility index (Phi) is 7.05. The normalized spacial score (nSPS) is 13.1. The van der Waals surface area contributed by atoms with Gasteiger partial charge in [-0.3, -0.25) is 9.88 Å². The third kappa shape index (κ3) is 4.77. The molecule has 0 saturated heterocycles. The van der Waals surface area contributed by atoms with Crippen molar-refractivity contribution < 1.29 is 4.39 Å². The topological polar surface area (TPSA) is 32.3 Å². The van der Waals surface area contributed by atoms with E-state index in [2.05, 4.69) is 139 Å². The highest BCUT2D eigenvalue weighted by molar-refractivity contribution is 6.28. The third-order valence-corrected chi connectivity index (χ3v) is 11.7. The Hall–Kier alpha value is -7.11. The molecule has 0 amide bonds. The lowest BCUT2D eigenvalue weighted by Gasteiger charge is -2.30. The van der Waals surface area contributed by atoms with Gasteiger partial charge in [-0.15, -0.1) is 0 Å². The largest absolute Gasteiger partial charge is 0.309 e. The molecule has 0 atom stereocenters. The summed E-state index contributed by atoms with van der Waals surface area (Å²) >= 11 is 0. The fourth-order valence-corrected chi connectivity index (χ4v) is 9.13. The second-order valence-electron chi connectivity index (χ2n) is 15.2. The Morgan fingerprint density at radius 1 is 0.500 bits per heavy atom. The van der Waals surface area contributed by atoms with Crippen LogP contribution in [0.1, 0.15) is 25.0 Å². The second kappa shape index (κ2) is 12.2. The van der Waals surface area contributed by atoms with Crippen molar-refractivity contribution >= 4 is 77.6 Å². The van der Waals surface area contributed by atoms with Crippen molar-refractivity contribution in [2.45, 2.75) is 19.3 Å². The summed E-state index contributed by atoms with van der Waals surface area (Å²) in [6, 6.07) is 58.3. The molecule has 10 aromatic rings. The lowest BCUT2D eigenvalue weighted by Crippen LogP contribution is -2.16. The number of para-hydroxylation sites is 3. The molecule has 0 saturated carbocycles. The lowest BCUT2D eigenvalue weighted by molar-refractivity contribution is 0.628. The maximum atomic E-state index is 15.3. The molecule has 0 unspecified atom stereocenters. The fourth-order valence-electron chi connectivity index (χ4n) is 9.13. The molecular formula is C51H35FN4. The molecule has 11 rings (SSSR count). The van der Waals surface area contributed by atoms with Gasteiger partial charge in [0.25, 0.3) is 0 Å². The number of hydrogen-bond donors (Lipinski definition) is 0. The Morgan fingerprint density at radius 2 is 1.11 bits per heavy atom. The van der Waals surface area contributed by atoms with Crippen LogP contribution in [-0.4, -0.2) is 9.97 Å². The molecule has 0 spiro atoms. The zero-order chi connectivity index (χ0) is 37.5. The minimum Gasteiger partial charge on any atom is -0.309 e. The number of benzene rings is 9. The van der Waals surface area contributed by atoms with Gasteiger partial charge >= 0.3 is 0 Å². The van der Waals surface area contributed by atoms with Crippen LogP contribution in [0.2, 0.25) is 0 Å². The molecule has 266 valence electrons. The molecule has 1 aromatic heterocycles. The van der Waals surface area contributed by atoms with E-state index in [0.717, 1.165) is 77.6 Å². The van der Waals surface area contributed by atoms with Gasteiger partial charge in [-0.2, -0.15) is 0 Å². The molecule has 0 radical (unpaired) electrons. The number of hydrogen-bond acceptors (Lipinski definition) is 4. The summed E-state index contributed by atoms with van der Waals surface area (Å²) in [5, 5.41) is 6.79. The molecule has 0 bridgehead atoms.